The van der Waals surface area contributed by atoms with Crippen LogP contribution < -0.4 is 0 Å². The molecule has 2 aromatic rings. The topological polar surface area (TPSA) is 53.4 Å². The van der Waals surface area contributed by atoms with Crippen molar-refractivity contribution >= 4 is 17.2 Å². The standard InChI is InChI=1S/C16H20N2O2S/c1-3-15-17-11-14(21-15)16(20)18(2)13(9-10-19)12-7-5-4-6-8-12/h4-8,11,13,19H,3,9-10H2,1-2H3. The average molecular weight is 304 g/mol. The smallest absolute Gasteiger partial charge is 0.265 e. The van der Waals surface area contributed by atoms with Gasteiger partial charge in [0.15, 0.2) is 0 Å². The molecule has 0 saturated heterocycles. The third-order valence-corrected chi connectivity index (χ3v) is 4.57. The summed E-state index contributed by atoms with van der Waals surface area (Å²) in [7, 11) is 1.78. The predicted octanol–water partition coefficient (Wildman–Crippen LogP) is 2.90. The van der Waals surface area contributed by atoms with Gasteiger partial charge in [-0.2, -0.15) is 0 Å². The van der Waals surface area contributed by atoms with E-state index in [9.17, 15) is 9.90 Å². The number of hydrogen-bond acceptors (Lipinski definition) is 4. The van der Waals surface area contributed by atoms with Gasteiger partial charge < -0.3 is 10.0 Å². The van der Waals surface area contributed by atoms with Crippen LogP contribution in [0.25, 0.3) is 0 Å². The van der Waals surface area contributed by atoms with Crippen molar-refractivity contribution in [3.63, 3.8) is 0 Å². The lowest BCUT2D eigenvalue weighted by molar-refractivity contribution is 0.0710. The molecule has 1 amide bonds. The maximum atomic E-state index is 12.6. The Morgan fingerprint density at radius 2 is 2.10 bits per heavy atom. The van der Waals surface area contributed by atoms with Gasteiger partial charge in [-0.1, -0.05) is 37.3 Å². The van der Waals surface area contributed by atoms with Crippen LogP contribution in [0.5, 0.6) is 0 Å². The molecule has 0 radical (unpaired) electrons. The fourth-order valence-electron chi connectivity index (χ4n) is 2.27. The molecule has 1 unspecified atom stereocenters. The number of aromatic nitrogens is 1. The lowest BCUT2D eigenvalue weighted by atomic mass is 10.0. The third-order valence-electron chi connectivity index (χ3n) is 3.44. The maximum Gasteiger partial charge on any atom is 0.265 e. The Morgan fingerprint density at radius 3 is 2.67 bits per heavy atom. The minimum Gasteiger partial charge on any atom is -0.396 e. The van der Waals surface area contributed by atoms with Gasteiger partial charge in [0.1, 0.15) is 4.88 Å². The monoisotopic (exact) mass is 304 g/mol. The molecule has 1 aromatic carbocycles. The molecule has 1 atom stereocenters. The number of aryl methyl sites for hydroxylation is 1. The van der Waals surface area contributed by atoms with E-state index in [-0.39, 0.29) is 18.6 Å². The Hall–Kier alpha value is -1.72. The van der Waals surface area contributed by atoms with Crippen molar-refractivity contribution in [2.24, 2.45) is 0 Å². The minimum atomic E-state index is -0.129. The van der Waals surface area contributed by atoms with E-state index >= 15 is 0 Å². The zero-order chi connectivity index (χ0) is 15.2. The first kappa shape index (κ1) is 15.7. The zero-order valence-corrected chi connectivity index (χ0v) is 13.1. The van der Waals surface area contributed by atoms with Crippen LogP contribution in [0.2, 0.25) is 0 Å². The number of nitrogens with zero attached hydrogens (tertiary/aromatic N) is 2. The van der Waals surface area contributed by atoms with Gasteiger partial charge in [-0.25, -0.2) is 4.98 Å². The predicted molar refractivity (Wildman–Crippen MR) is 84.5 cm³/mol. The Morgan fingerprint density at radius 1 is 1.38 bits per heavy atom. The van der Waals surface area contributed by atoms with Gasteiger partial charge >= 0.3 is 0 Å². The number of thiazole rings is 1. The molecule has 4 nitrogen and oxygen atoms in total. The van der Waals surface area contributed by atoms with Crippen LogP contribution in [-0.2, 0) is 6.42 Å². The van der Waals surface area contributed by atoms with Gasteiger partial charge in [0.05, 0.1) is 17.2 Å². The van der Waals surface area contributed by atoms with E-state index in [0.717, 1.165) is 17.0 Å². The van der Waals surface area contributed by atoms with Gasteiger partial charge in [0.2, 0.25) is 0 Å². The van der Waals surface area contributed by atoms with E-state index < -0.39 is 0 Å². The number of rotatable bonds is 6. The molecule has 0 saturated carbocycles. The number of carbonyl (C=O) groups excluding carboxylic acids is 1. The number of aliphatic hydroxyl groups is 1. The van der Waals surface area contributed by atoms with E-state index in [2.05, 4.69) is 4.98 Å². The molecule has 5 heteroatoms. The lowest BCUT2D eigenvalue weighted by Crippen LogP contribution is -2.31. The Kier molecular flexibility index (Phi) is 5.47. The second-order valence-electron chi connectivity index (χ2n) is 4.83. The fourth-order valence-corrected chi connectivity index (χ4v) is 3.11. The molecule has 21 heavy (non-hydrogen) atoms. The largest absolute Gasteiger partial charge is 0.396 e. The maximum absolute atomic E-state index is 12.6. The average Bonchev–Trinajstić information content (AvgIpc) is 3.01. The number of hydrogen-bond donors (Lipinski definition) is 1. The summed E-state index contributed by atoms with van der Waals surface area (Å²) < 4.78 is 0. The summed E-state index contributed by atoms with van der Waals surface area (Å²) in [6, 6.07) is 9.66. The van der Waals surface area contributed by atoms with Crippen molar-refractivity contribution in [2.45, 2.75) is 25.8 Å². The highest BCUT2D eigenvalue weighted by atomic mass is 32.1. The van der Waals surface area contributed by atoms with Gasteiger partial charge in [0.25, 0.3) is 5.91 Å². The zero-order valence-electron chi connectivity index (χ0n) is 12.3. The van der Waals surface area contributed by atoms with Gasteiger partial charge in [-0.3, -0.25) is 4.79 Å². The van der Waals surface area contributed by atoms with E-state index in [1.54, 1.807) is 18.1 Å². The summed E-state index contributed by atoms with van der Waals surface area (Å²) in [5.41, 5.74) is 1.03. The molecule has 0 aliphatic carbocycles. The number of amides is 1. The summed E-state index contributed by atoms with van der Waals surface area (Å²) >= 11 is 1.44. The van der Waals surface area contributed by atoms with E-state index in [0.29, 0.717) is 11.3 Å². The number of aliphatic hydroxyl groups excluding tert-OH is 1. The highest BCUT2D eigenvalue weighted by Gasteiger charge is 2.23. The van der Waals surface area contributed by atoms with Crippen LogP contribution in [0.3, 0.4) is 0 Å². The minimum absolute atomic E-state index is 0.0417. The second-order valence-corrected chi connectivity index (χ2v) is 5.94. The van der Waals surface area contributed by atoms with Crippen molar-refractivity contribution in [1.82, 2.24) is 9.88 Å². The second kappa shape index (κ2) is 7.33. The van der Waals surface area contributed by atoms with Crippen LogP contribution >= 0.6 is 11.3 Å². The Balaban J connectivity index is 2.21. The van der Waals surface area contributed by atoms with Crippen LogP contribution in [0.4, 0.5) is 0 Å². The van der Waals surface area contributed by atoms with Crippen LogP contribution in [0, 0.1) is 0 Å². The van der Waals surface area contributed by atoms with Crippen LogP contribution in [0.1, 0.15) is 39.6 Å². The summed E-state index contributed by atoms with van der Waals surface area (Å²) in [5, 5.41) is 10.3. The molecule has 2 rings (SSSR count). The molecular weight excluding hydrogens is 284 g/mol. The summed E-state index contributed by atoms with van der Waals surface area (Å²) in [4.78, 5) is 19.2. The molecular formula is C16H20N2O2S. The van der Waals surface area contributed by atoms with Crippen LogP contribution in [0.15, 0.2) is 36.5 Å². The van der Waals surface area contributed by atoms with E-state index in [1.165, 1.54) is 11.3 Å². The SMILES string of the molecule is CCc1ncc(C(=O)N(C)C(CCO)c2ccccc2)s1. The molecule has 1 N–H and O–H groups in total. The molecule has 0 fully saturated rings. The highest BCUT2D eigenvalue weighted by Crippen LogP contribution is 2.26. The first-order chi connectivity index (χ1) is 10.2. The Labute approximate surface area is 129 Å². The van der Waals surface area contributed by atoms with Gasteiger partial charge in [-0.15, -0.1) is 11.3 Å². The third kappa shape index (κ3) is 3.68. The Bertz CT molecular complexity index is 583. The fraction of sp³-hybridized carbons (Fsp3) is 0.375. The van der Waals surface area contributed by atoms with Crippen LogP contribution in [-0.4, -0.2) is 34.6 Å². The van der Waals surface area contributed by atoms with Crippen molar-refractivity contribution in [3.8, 4) is 0 Å². The van der Waals surface area contributed by atoms with Crippen molar-refractivity contribution in [1.29, 1.82) is 0 Å². The summed E-state index contributed by atoms with van der Waals surface area (Å²) in [5.74, 6) is -0.0468. The normalized spacial score (nSPS) is 12.1. The lowest BCUT2D eigenvalue weighted by Gasteiger charge is -2.27. The number of carbonyl (C=O) groups is 1. The van der Waals surface area contributed by atoms with Gasteiger partial charge in [-0.05, 0) is 18.4 Å². The molecule has 0 bridgehead atoms. The first-order valence-electron chi connectivity index (χ1n) is 7.05. The summed E-state index contributed by atoms with van der Waals surface area (Å²) in [6.07, 6.45) is 3.00. The first-order valence-corrected chi connectivity index (χ1v) is 7.86. The van der Waals surface area contributed by atoms with Gasteiger partial charge in [0, 0.05) is 13.7 Å². The molecule has 1 heterocycles. The number of benzene rings is 1. The van der Waals surface area contributed by atoms with Crippen molar-refractivity contribution < 1.29 is 9.90 Å². The summed E-state index contributed by atoms with van der Waals surface area (Å²) in [6.45, 7) is 2.06. The quantitative estimate of drug-likeness (QED) is 0.893. The van der Waals surface area contributed by atoms with E-state index in [4.69, 9.17) is 0 Å². The molecule has 0 aliphatic rings. The highest BCUT2D eigenvalue weighted by molar-refractivity contribution is 7.13. The van der Waals surface area contributed by atoms with Crippen molar-refractivity contribution in [3.05, 3.63) is 52.0 Å². The van der Waals surface area contributed by atoms with E-state index in [1.807, 2.05) is 37.3 Å². The van der Waals surface area contributed by atoms with Crippen molar-refractivity contribution in [2.75, 3.05) is 13.7 Å². The molecule has 1 aromatic heterocycles. The molecule has 112 valence electrons. The molecule has 0 aliphatic heterocycles. The molecule has 0 spiro atoms.